The van der Waals surface area contributed by atoms with E-state index < -0.39 is 6.04 Å². The predicted octanol–water partition coefficient (Wildman–Crippen LogP) is 1.06. The molecule has 3 N–H and O–H groups in total. The van der Waals surface area contributed by atoms with Crippen LogP contribution in [-0.2, 0) is 6.42 Å². The maximum absolute atomic E-state index is 11.5. The third kappa shape index (κ3) is 3.38. The van der Waals surface area contributed by atoms with Crippen molar-refractivity contribution < 1.29 is 9.32 Å². The highest BCUT2D eigenvalue weighted by Crippen LogP contribution is 2.14. The fraction of sp³-hybridized carbons (Fsp3) is 0.308. The normalized spacial score (nSPS) is 12.1. The molecule has 0 saturated carbocycles. The number of nitrogens with two attached hydrogens (primary N) is 1. The van der Waals surface area contributed by atoms with Gasteiger partial charge in [0.2, 0.25) is 5.89 Å². The van der Waals surface area contributed by atoms with Crippen LogP contribution in [0, 0.1) is 0 Å². The minimum absolute atomic E-state index is 0.0142. The summed E-state index contributed by atoms with van der Waals surface area (Å²) in [7, 11) is 0. The summed E-state index contributed by atoms with van der Waals surface area (Å²) in [5.41, 5.74) is 7.06. The van der Waals surface area contributed by atoms with Crippen molar-refractivity contribution in [3.8, 4) is 0 Å². The zero-order valence-corrected chi connectivity index (χ0v) is 10.7. The summed E-state index contributed by atoms with van der Waals surface area (Å²) in [5, 5.41) is 6.22. The fourth-order valence-electron chi connectivity index (χ4n) is 1.67. The Hall–Kier alpha value is -2.21. The lowest BCUT2D eigenvalue weighted by Gasteiger charge is -2.05. The summed E-state index contributed by atoms with van der Waals surface area (Å²) in [6, 6.07) is 9.35. The number of hydrogen-bond donors (Lipinski definition) is 2. The Morgan fingerprint density at radius 3 is 2.84 bits per heavy atom. The predicted molar refractivity (Wildman–Crippen MR) is 69.4 cm³/mol. The number of carbonyl (C=O) groups excluding carboxylic acids is 1. The topological polar surface area (TPSA) is 94.0 Å². The lowest BCUT2D eigenvalue weighted by molar-refractivity contribution is 0.0942. The maximum atomic E-state index is 11.5. The van der Waals surface area contributed by atoms with Crippen molar-refractivity contribution in [1.82, 2.24) is 15.5 Å². The number of benzene rings is 1. The highest BCUT2D eigenvalue weighted by Gasteiger charge is 2.18. The Morgan fingerprint density at radius 1 is 1.42 bits per heavy atom. The van der Waals surface area contributed by atoms with Crippen molar-refractivity contribution >= 4 is 5.91 Å². The standard InChI is InChI=1S/C13H16N4O2/c1-2-15-12(18)11-16-13(19-17-11)10(14)8-9-6-4-3-5-7-9/h3-7,10H,2,8,14H2,1H3,(H,15,18). The Balaban J connectivity index is 2.04. The van der Waals surface area contributed by atoms with Crippen molar-refractivity contribution in [2.75, 3.05) is 6.54 Å². The highest BCUT2D eigenvalue weighted by molar-refractivity contribution is 5.90. The van der Waals surface area contributed by atoms with Crippen LogP contribution in [0.15, 0.2) is 34.9 Å². The molecule has 0 spiro atoms. The number of nitrogens with one attached hydrogen (secondary N) is 1. The van der Waals surface area contributed by atoms with Crippen LogP contribution in [-0.4, -0.2) is 22.6 Å². The van der Waals surface area contributed by atoms with E-state index in [0.29, 0.717) is 13.0 Å². The van der Waals surface area contributed by atoms with Gasteiger partial charge in [-0.15, -0.1) is 0 Å². The summed E-state index contributed by atoms with van der Waals surface area (Å²) in [6.07, 6.45) is 0.581. The third-order valence-electron chi connectivity index (χ3n) is 2.60. The summed E-state index contributed by atoms with van der Waals surface area (Å²) in [6.45, 7) is 2.33. The lowest BCUT2D eigenvalue weighted by atomic mass is 10.1. The van der Waals surface area contributed by atoms with E-state index in [-0.39, 0.29) is 17.6 Å². The molecule has 2 aromatic rings. The maximum Gasteiger partial charge on any atom is 0.292 e. The molecule has 6 heteroatoms. The molecule has 0 saturated heterocycles. The first-order valence-corrected chi connectivity index (χ1v) is 6.12. The van der Waals surface area contributed by atoms with Crippen molar-refractivity contribution in [3.63, 3.8) is 0 Å². The van der Waals surface area contributed by atoms with Gasteiger partial charge in [-0.05, 0) is 18.9 Å². The average molecular weight is 260 g/mol. The third-order valence-corrected chi connectivity index (χ3v) is 2.60. The molecule has 19 heavy (non-hydrogen) atoms. The molecular weight excluding hydrogens is 244 g/mol. The molecule has 0 aliphatic rings. The van der Waals surface area contributed by atoms with E-state index in [1.807, 2.05) is 37.3 Å². The van der Waals surface area contributed by atoms with Crippen LogP contribution in [0.2, 0.25) is 0 Å². The van der Waals surface area contributed by atoms with Crippen molar-refractivity contribution in [3.05, 3.63) is 47.6 Å². The molecule has 0 aliphatic carbocycles. The molecule has 6 nitrogen and oxygen atoms in total. The van der Waals surface area contributed by atoms with Crippen LogP contribution in [0.4, 0.5) is 0 Å². The van der Waals surface area contributed by atoms with Gasteiger partial charge in [-0.25, -0.2) is 0 Å². The lowest BCUT2D eigenvalue weighted by Crippen LogP contribution is -2.24. The van der Waals surface area contributed by atoms with E-state index >= 15 is 0 Å². The average Bonchev–Trinajstić information content (AvgIpc) is 2.90. The molecule has 1 aromatic heterocycles. The zero-order chi connectivity index (χ0) is 13.7. The van der Waals surface area contributed by atoms with E-state index in [2.05, 4.69) is 15.5 Å². The second-order valence-corrected chi connectivity index (χ2v) is 4.11. The van der Waals surface area contributed by atoms with Crippen molar-refractivity contribution in [1.29, 1.82) is 0 Å². The first-order chi connectivity index (χ1) is 9.20. The number of rotatable bonds is 5. The Bertz CT molecular complexity index is 539. The van der Waals surface area contributed by atoms with Crippen LogP contribution in [0.25, 0.3) is 0 Å². The number of nitrogens with zero attached hydrogens (tertiary/aromatic N) is 2. The van der Waals surface area contributed by atoms with Gasteiger partial charge < -0.3 is 15.6 Å². The fourth-order valence-corrected chi connectivity index (χ4v) is 1.67. The van der Waals surface area contributed by atoms with Gasteiger partial charge in [0.05, 0.1) is 6.04 Å². The molecule has 0 bridgehead atoms. The molecular formula is C13H16N4O2. The Morgan fingerprint density at radius 2 is 2.16 bits per heavy atom. The van der Waals surface area contributed by atoms with Gasteiger partial charge in [0, 0.05) is 6.54 Å². The van der Waals surface area contributed by atoms with E-state index in [1.165, 1.54) is 0 Å². The van der Waals surface area contributed by atoms with Gasteiger partial charge in [-0.1, -0.05) is 35.5 Å². The number of aromatic nitrogens is 2. The minimum Gasteiger partial charge on any atom is -0.349 e. The highest BCUT2D eigenvalue weighted by atomic mass is 16.5. The van der Waals surface area contributed by atoms with Crippen LogP contribution >= 0.6 is 0 Å². The quantitative estimate of drug-likeness (QED) is 0.838. The molecule has 1 aromatic carbocycles. The second-order valence-electron chi connectivity index (χ2n) is 4.11. The molecule has 1 atom stereocenters. The van der Waals surface area contributed by atoms with E-state index in [0.717, 1.165) is 5.56 Å². The SMILES string of the molecule is CCNC(=O)c1noc(C(N)Cc2ccccc2)n1. The van der Waals surface area contributed by atoms with Gasteiger partial charge in [-0.3, -0.25) is 4.79 Å². The van der Waals surface area contributed by atoms with Crippen LogP contribution in [0.3, 0.4) is 0 Å². The van der Waals surface area contributed by atoms with Gasteiger partial charge in [0.1, 0.15) is 0 Å². The monoisotopic (exact) mass is 260 g/mol. The van der Waals surface area contributed by atoms with E-state index in [9.17, 15) is 4.79 Å². The summed E-state index contributed by atoms with van der Waals surface area (Å²) in [4.78, 5) is 15.5. The number of carbonyl (C=O) groups is 1. The van der Waals surface area contributed by atoms with Gasteiger partial charge >= 0.3 is 0 Å². The largest absolute Gasteiger partial charge is 0.349 e. The first-order valence-electron chi connectivity index (χ1n) is 6.12. The van der Waals surface area contributed by atoms with Crippen LogP contribution < -0.4 is 11.1 Å². The molecule has 0 radical (unpaired) electrons. The summed E-state index contributed by atoms with van der Waals surface area (Å²) < 4.78 is 5.02. The minimum atomic E-state index is -0.418. The molecule has 1 unspecified atom stereocenters. The molecule has 1 heterocycles. The zero-order valence-electron chi connectivity index (χ0n) is 10.7. The van der Waals surface area contributed by atoms with Gasteiger partial charge in [0.15, 0.2) is 0 Å². The molecule has 100 valence electrons. The smallest absolute Gasteiger partial charge is 0.292 e. The molecule has 0 aliphatic heterocycles. The molecule has 2 rings (SSSR count). The number of amides is 1. The second kappa shape index (κ2) is 6.10. The summed E-state index contributed by atoms with van der Waals surface area (Å²) >= 11 is 0. The molecule has 1 amide bonds. The Kier molecular flexibility index (Phi) is 4.25. The van der Waals surface area contributed by atoms with E-state index in [1.54, 1.807) is 0 Å². The Labute approximate surface area is 111 Å². The molecule has 0 fully saturated rings. The first kappa shape index (κ1) is 13.2. The van der Waals surface area contributed by atoms with Crippen molar-refractivity contribution in [2.24, 2.45) is 5.73 Å². The summed E-state index contributed by atoms with van der Waals surface area (Å²) in [5.74, 6) is -0.0742. The van der Waals surface area contributed by atoms with Crippen LogP contribution in [0.1, 0.15) is 35.0 Å². The van der Waals surface area contributed by atoms with Gasteiger partial charge in [0.25, 0.3) is 11.7 Å². The van der Waals surface area contributed by atoms with Crippen LogP contribution in [0.5, 0.6) is 0 Å². The van der Waals surface area contributed by atoms with E-state index in [4.69, 9.17) is 10.3 Å². The van der Waals surface area contributed by atoms with Gasteiger partial charge in [-0.2, -0.15) is 4.98 Å². The van der Waals surface area contributed by atoms with Crippen molar-refractivity contribution in [2.45, 2.75) is 19.4 Å². The number of hydrogen-bond acceptors (Lipinski definition) is 5.